The lowest BCUT2D eigenvalue weighted by Crippen LogP contribution is -2.10. The van der Waals surface area contributed by atoms with Crippen LogP contribution in [0.2, 0.25) is 0 Å². The lowest BCUT2D eigenvalue weighted by molar-refractivity contribution is 1.50. The highest BCUT2D eigenvalue weighted by molar-refractivity contribution is 14.1. The summed E-state index contributed by atoms with van der Waals surface area (Å²) in [6, 6.07) is 6.44. The minimum atomic E-state index is 1.17. The molecule has 0 aliphatic carbocycles. The molecular weight excluding hydrogens is 239 g/mol. The summed E-state index contributed by atoms with van der Waals surface area (Å²) < 4.78 is 1.42. The summed E-state index contributed by atoms with van der Waals surface area (Å²) in [5.74, 6) is 0. The molecule has 0 N–H and O–H groups in total. The average molecular weight is 248 g/mol. The van der Waals surface area contributed by atoms with E-state index in [-0.39, 0.29) is 0 Å². The van der Waals surface area contributed by atoms with Crippen LogP contribution in [0.25, 0.3) is 0 Å². The van der Waals surface area contributed by atoms with E-state index >= 15 is 0 Å². The summed E-state index contributed by atoms with van der Waals surface area (Å²) in [4.78, 5) is 0. The zero-order valence-electron chi connectivity index (χ0n) is 5.61. The highest BCUT2D eigenvalue weighted by Gasteiger charge is 1.93. The Morgan fingerprint density at radius 3 is 2.56 bits per heavy atom. The third kappa shape index (κ3) is 1.55. The van der Waals surface area contributed by atoms with Crippen molar-refractivity contribution >= 4 is 38.0 Å². The van der Waals surface area contributed by atoms with E-state index in [1.807, 2.05) is 0 Å². The van der Waals surface area contributed by atoms with Gasteiger partial charge in [-0.2, -0.15) is 0 Å². The summed E-state index contributed by atoms with van der Waals surface area (Å²) in [5.41, 5.74) is 1.44. The molecule has 0 saturated heterocycles. The molecule has 0 aliphatic rings. The van der Waals surface area contributed by atoms with Gasteiger partial charge in [0.25, 0.3) is 0 Å². The van der Waals surface area contributed by atoms with E-state index in [0.29, 0.717) is 0 Å². The van der Waals surface area contributed by atoms with Gasteiger partial charge in [0.1, 0.15) is 0 Å². The van der Waals surface area contributed by atoms with Crippen LogP contribution in [0.3, 0.4) is 0 Å². The molecule has 0 bridgehead atoms. The SMILES string of the molecule is Cc1cccc(I)c1[SiH3]. The Kier molecular flexibility index (Phi) is 2.29. The molecule has 1 aromatic carbocycles. The molecule has 2 heteroatoms. The van der Waals surface area contributed by atoms with Gasteiger partial charge in [-0.3, -0.25) is 0 Å². The van der Waals surface area contributed by atoms with Crippen molar-refractivity contribution in [1.82, 2.24) is 0 Å². The Morgan fingerprint density at radius 1 is 1.44 bits per heavy atom. The largest absolute Gasteiger partial charge is 0.0610 e. The van der Waals surface area contributed by atoms with Crippen LogP contribution < -0.4 is 5.19 Å². The minimum Gasteiger partial charge on any atom is -0.0610 e. The topological polar surface area (TPSA) is 0 Å². The monoisotopic (exact) mass is 248 g/mol. The van der Waals surface area contributed by atoms with Gasteiger partial charge in [-0.05, 0) is 35.6 Å². The summed E-state index contributed by atoms with van der Waals surface area (Å²) in [6.07, 6.45) is 0. The molecule has 0 spiro atoms. The van der Waals surface area contributed by atoms with Gasteiger partial charge in [-0.15, -0.1) is 0 Å². The predicted molar refractivity (Wildman–Crippen MR) is 53.5 cm³/mol. The van der Waals surface area contributed by atoms with Crippen molar-refractivity contribution < 1.29 is 0 Å². The molecule has 0 radical (unpaired) electrons. The fourth-order valence-electron chi connectivity index (χ4n) is 0.715. The van der Waals surface area contributed by atoms with E-state index in [4.69, 9.17) is 0 Å². The molecule has 0 aromatic heterocycles. The number of hydrogen-bond donors (Lipinski definition) is 0. The first kappa shape index (κ1) is 7.28. The smallest absolute Gasteiger partial charge is 0.0402 e. The first-order valence-corrected chi connectivity index (χ1v) is 5.01. The van der Waals surface area contributed by atoms with Crippen LogP contribution in [0.1, 0.15) is 5.56 Å². The van der Waals surface area contributed by atoms with E-state index in [9.17, 15) is 0 Å². The Bertz CT molecular complexity index is 200. The second-order valence-corrected chi connectivity index (χ2v) is 4.34. The zero-order valence-corrected chi connectivity index (χ0v) is 9.77. The predicted octanol–water partition coefficient (Wildman–Crippen LogP) is 0.590. The van der Waals surface area contributed by atoms with Crippen molar-refractivity contribution in [3.8, 4) is 0 Å². The number of hydrogen-bond acceptors (Lipinski definition) is 0. The van der Waals surface area contributed by atoms with Crippen molar-refractivity contribution in [2.75, 3.05) is 0 Å². The van der Waals surface area contributed by atoms with Crippen molar-refractivity contribution in [3.05, 3.63) is 27.3 Å². The Hall–Kier alpha value is 0.167. The first-order chi connectivity index (χ1) is 4.22. The fourth-order valence-corrected chi connectivity index (χ4v) is 1.68. The quantitative estimate of drug-likeness (QED) is 0.465. The lowest BCUT2D eigenvalue weighted by atomic mass is 10.2. The maximum absolute atomic E-state index is 2.38. The Labute approximate surface area is 72.2 Å². The maximum Gasteiger partial charge on any atom is 0.0402 e. The van der Waals surface area contributed by atoms with Crippen LogP contribution in [0.15, 0.2) is 18.2 Å². The lowest BCUT2D eigenvalue weighted by Gasteiger charge is -1.99. The maximum atomic E-state index is 2.38. The molecule has 0 saturated carbocycles. The van der Waals surface area contributed by atoms with Crippen molar-refractivity contribution in [1.29, 1.82) is 0 Å². The van der Waals surface area contributed by atoms with Crippen LogP contribution in [-0.4, -0.2) is 10.2 Å². The van der Waals surface area contributed by atoms with Crippen molar-refractivity contribution in [2.24, 2.45) is 0 Å². The Balaban J connectivity index is 3.25. The molecule has 0 atom stereocenters. The Morgan fingerprint density at radius 2 is 2.11 bits per heavy atom. The average Bonchev–Trinajstić information content (AvgIpc) is 1.83. The molecule has 0 amide bonds. The summed E-state index contributed by atoms with van der Waals surface area (Å²) in [6.45, 7) is 2.17. The number of halogens is 1. The second kappa shape index (κ2) is 2.83. The van der Waals surface area contributed by atoms with Gasteiger partial charge in [0.2, 0.25) is 0 Å². The number of aryl methyl sites for hydroxylation is 1. The second-order valence-electron chi connectivity index (χ2n) is 2.18. The van der Waals surface area contributed by atoms with Gasteiger partial charge in [0.15, 0.2) is 0 Å². The number of benzene rings is 1. The molecule has 9 heavy (non-hydrogen) atoms. The van der Waals surface area contributed by atoms with Crippen LogP contribution in [0.4, 0.5) is 0 Å². The van der Waals surface area contributed by atoms with Gasteiger partial charge in [-0.1, -0.05) is 22.9 Å². The number of rotatable bonds is 0. The van der Waals surface area contributed by atoms with E-state index in [1.54, 1.807) is 0 Å². The third-order valence-corrected chi connectivity index (χ3v) is 5.05. The van der Waals surface area contributed by atoms with Gasteiger partial charge in [-0.25, -0.2) is 0 Å². The molecule has 0 fully saturated rings. The van der Waals surface area contributed by atoms with E-state index < -0.39 is 0 Å². The van der Waals surface area contributed by atoms with E-state index in [2.05, 4.69) is 47.7 Å². The molecule has 1 aromatic rings. The van der Waals surface area contributed by atoms with Crippen LogP contribution in [0.5, 0.6) is 0 Å². The fraction of sp³-hybridized carbons (Fsp3) is 0.143. The van der Waals surface area contributed by atoms with Crippen LogP contribution in [-0.2, 0) is 0 Å². The molecule has 0 heterocycles. The van der Waals surface area contributed by atoms with E-state index in [0.717, 1.165) is 0 Å². The van der Waals surface area contributed by atoms with Crippen LogP contribution in [0, 0.1) is 10.5 Å². The first-order valence-electron chi connectivity index (χ1n) is 2.93. The molecule has 48 valence electrons. The minimum absolute atomic E-state index is 1.17. The molecule has 0 unspecified atom stereocenters. The van der Waals surface area contributed by atoms with Gasteiger partial charge in [0, 0.05) is 13.8 Å². The summed E-state index contributed by atoms with van der Waals surface area (Å²) in [7, 11) is 1.17. The molecule has 0 aliphatic heterocycles. The summed E-state index contributed by atoms with van der Waals surface area (Å²) >= 11 is 2.38. The highest BCUT2D eigenvalue weighted by atomic mass is 127. The zero-order chi connectivity index (χ0) is 6.85. The van der Waals surface area contributed by atoms with Gasteiger partial charge >= 0.3 is 0 Å². The highest BCUT2D eigenvalue weighted by Crippen LogP contribution is 2.01. The van der Waals surface area contributed by atoms with Crippen LogP contribution >= 0.6 is 22.6 Å². The standard InChI is InChI=1S/C7H9ISi/c1-5-3-2-4-6(8)7(5)9/h2-4H,1,9H3. The van der Waals surface area contributed by atoms with Crippen molar-refractivity contribution in [2.45, 2.75) is 6.92 Å². The van der Waals surface area contributed by atoms with Crippen molar-refractivity contribution in [3.63, 3.8) is 0 Å². The molecule has 0 nitrogen and oxygen atoms in total. The molecule has 1 rings (SSSR count). The normalized spacial score (nSPS) is 10.0. The molecular formula is C7H9ISi. The third-order valence-electron chi connectivity index (χ3n) is 1.54. The van der Waals surface area contributed by atoms with Gasteiger partial charge < -0.3 is 0 Å². The summed E-state index contributed by atoms with van der Waals surface area (Å²) in [5, 5.41) is 1.54. The van der Waals surface area contributed by atoms with E-state index in [1.165, 1.54) is 24.6 Å². The van der Waals surface area contributed by atoms with Gasteiger partial charge in [0.05, 0.1) is 0 Å².